The third kappa shape index (κ3) is 4.12. The molecule has 0 fully saturated rings. The maximum absolute atomic E-state index is 12.4. The lowest BCUT2D eigenvalue weighted by Gasteiger charge is -2.07. The zero-order valence-corrected chi connectivity index (χ0v) is 13.8. The van der Waals surface area contributed by atoms with Crippen molar-refractivity contribution in [1.82, 2.24) is 15.0 Å². The Hall–Kier alpha value is -4.08. The molecule has 0 saturated heterocycles. The van der Waals surface area contributed by atoms with Crippen molar-refractivity contribution in [1.29, 1.82) is 0 Å². The Morgan fingerprint density at radius 2 is 1.96 bits per heavy atom. The van der Waals surface area contributed by atoms with E-state index < -0.39 is 16.8 Å². The summed E-state index contributed by atoms with van der Waals surface area (Å²) in [6, 6.07) is 12.3. The number of hydrogen-bond acceptors (Lipinski definition) is 6. The number of carbonyl (C=O) groups is 2. The van der Waals surface area contributed by atoms with E-state index in [0.29, 0.717) is 16.9 Å². The predicted octanol–water partition coefficient (Wildman–Crippen LogP) is 2.19. The van der Waals surface area contributed by atoms with Gasteiger partial charge in [-0.15, -0.1) is 5.10 Å². The predicted molar refractivity (Wildman–Crippen MR) is 94.1 cm³/mol. The lowest BCUT2D eigenvalue weighted by Crippen LogP contribution is -2.13. The second-order valence-corrected chi connectivity index (χ2v) is 5.50. The molecular formula is C17H13N5O5. The number of nitro groups is 1. The molecular weight excluding hydrogens is 354 g/mol. The number of anilines is 1. The largest absolute Gasteiger partial charge is 0.480 e. The molecule has 1 amide bonds. The van der Waals surface area contributed by atoms with Crippen LogP contribution in [0.15, 0.2) is 54.7 Å². The van der Waals surface area contributed by atoms with Crippen molar-refractivity contribution < 1.29 is 19.6 Å². The average molecular weight is 367 g/mol. The van der Waals surface area contributed by atoms with E-state index in [1.165, 1.54) is 29.1 Å². The summed E-state index contributed by atoms with van der Waals surface area (Å²) < 4.78 is 1.18. The molecule has 0 aliphatic heterocycles. The summed E-state index contributed by atoms with van der Waals surface area (Å²) in [6.07, 6.45) is 1.47. The van der Waals surface area contributed by atoms with E-state index in [2.05, 4.69) is 15.6 Å². The number of hydrogen-bond donors (Lipinski definition) is 2. The molecule has 0 aliphatic carbocycles. The van der Waals surface area contributed by atoms with E-state index in [1.54, 1.807) is 30.3 Å². The zero-order chi connectivity index (χ0) is 19.4. The fourth-order valence-corrected chi connectivity index (χ4v) is 2.43. The van der Waals surface area contributed by atoms with Gasteiger partial charge in [-0.25, -0.2) is 4.68 Å². The smallest absolute Gasteiger partial charge is 0.325 e. The average Bonchev–Trinajstić information content (AvgIpc) is 3.09. The van der Waals surface area contributed by atoms with E-state index in [1.807, 2.05) is 0 Å². The summed E-state index contributed by atoms with van der Waals surface area (Å²) in [4.78, 5) is 33.6. The molecule has 27 heavy (non-hydrogen) atoms. The van der Waals surface area contributed by atoms with Gasteiger partial charge in [0.25, 0.3) is 11.6 Å². The van der Waals surface area contributed by atoms with Crippen LogP contribution in [-0.4, -0.2) is 36.9 Å². The van der Waals surface area contributed by atoms with Crippen molar-refractivity contribution in [3.63, 3.8) is 0 Å². The lowest BCUT2D eigenvalue weighted by atomic mass is 10.1. The van der Waals surface area contributed by atoms with Gasteiger partial charge in [0.1, 0.15) is 17.8 Å². The summed E-state index contributed by atoms with van der Waals surface area (Å²) in [7, 11) is 0. The number of carbonyl (C=O) groups excluding carboxylic acids is 1. The van der Waals surface area contributed by atoms with Gasteiger partial charge in [0.15, 0.2) is 0 Å². The number of nitro benzene ring substituents is 1. The van der Waals surface area contributed by atoms with Gasteiger partial charge in [-0.2, -0.15) is 0 Å². The molecule has 10 nitrogen and oxygen atoms in total. The first-order chi connectivity index (χ1) is 12.9. The molecule has 10 heteroatoms. The molecule has 0 bridgehead atoms. The quantitative estimate of drug-likeness (QED) is 0.502. The van der Waals surface area contributed by atoms with E-state index >= 15 is 0 Å². The van der Waals surface area contributed by atoms with Gasteiger partial charge >= 0.3 is 5.97 Å². The molecule has 0 radical (unpaired) electrons. The van der Waals surface area contributed by atoms with Crippen molar-refractivity contribution in [3.05, 3.63) is 70.4 Å². The Bertz CT molecular complexity index is 1030. The summed E-state index contributed by atoms with van der Waals surface area (Å²) in [5, 5.41) is 30.1. The Morgan fingerprint density at radius 1 is 1.19 bits per heavy atom. The molecule has 0 aliphatic rings. The Morgan fingerprint density at radius 3 is 2.70 bits per heavy atom. The summed E-state index contributed by atoms with van der Waals surface area (Å²) >= 11 is 0. The number of nitrogens with one attached hydrogen (secondary N) is 1. The minimum absolute atomic E-state index is 0.0553. The summed E-state index contributed by atoms with van der Waals surface area (Å²) in [5.41, 5.74) is 1.09. The van der Waals surface area contributed by atoms with Gasteiger partial charge in [-0.1, -0.05) is 29.5 Å². The van der Waals surface area contributed by atoms with Crippen LogP contribution in [0, 0.1) is 10.1 Å². The number of aliphatic carboxylic acids is 1. The third-order valence-electron chi connectivity index (χ3n) is 3.60. The van der Waals surface area contributed by atoms with Gasteiger partial charge in [0.2, 0.25) is 0 Å². The number of rotatable bonds is 6. The van der Waals surface area contributed by atoms with Crippen molar-refractivity contribution in [3.8, 4) is 11.3 Å². The molecule has 0 spiro atoms. The van der Waals surface area contributed by atoms with Crippen LogP contribution < -0.4 is 5.32 Å². The Kier molecular flexibility index (Phi) is 4.88. The lowest BCUT2D eigenvalue weighted by molar-refractivity contribution is -0.385. The maximum Gasteiger partial charge on any atom is 0.325 e. The van der Waals surface area contributed by atoms with E-state index in [0.717, 1.165) is 0 Å². The fraction of sp³-hybridized carbons (Fsp3) is 0.0588. The number of carboxylic acids is 1. The van der Waals surface area contributed by atoms with Crippen LogP contribution in [-0.2, 0) is 11.3 Å². The highest BCUT2D eigenvalue weighted by molar-refractivity contribution is 6.07. The van der Waals surface area contributed by atoms with Crippen LogP contribution in [0.1, 0.15) is 10.4 Å². The second-order valence-electron chi connectivity index (χ2n) is 5.50. The van der Waals surface area contributed by atoms with Crippen LogP contribution in [0.2, 0.25) is 0 Å². The first kappa shape index (κ1) is 17.7. The number of carboxylic acid groups (broad SMARTS) is 1. The topological polar surface area (TPSA) is 140 Å². The molecule has 0 atom stereocenters. The van der Waals surface area contributed by atoms with Gasteiger partial charge in [0, 0.05) is 17.3 Å². The van der Waals surface area contributed by atoms with Crippen LogP contribution in [0.5, 0.6) is 0 Å². The number of benzene rings is 2. The molecule has 0 saturated carbocycles. The van der Waals surface area contributed by atoms with E-state index in [9.17, 15) is 19.7 Å². The number of amides is 1. The molecule has 3 rings (SSSR count). The molecule has 136 valence electrons. The number of para-hydroxylation sites is 1. The number of aromatic nitrogens is 3. The standard InChI is InChI=1S/C17H13N5O5/c23-16(24)10-21-9-14(19-20-21)11-4-3-5-12(8-11)18-17(25)13-6-1-2-7-15(13)22(26)27/h1-9H,10H2,(H,18,25)(H,23,24). The summed E-state index contributed by atoms with van der Waals surface area (Å²) in [5.74, 6) is -1.66. The van der Waals surface area contributed by atoms with Crippen molar-refractivity contribution >= 4 is 23.3 Å². The summed E-state index contributed by atoms with van der Waals surface area (Å²) in [6.45, 7) is -0.318. The van der Waals surface area contributed by atoms with Crippen LogP contribution >= 0.6 is 0 Å². The van der Waals surface area contributed by atoms with Gasteiger partial charge in [-0.3, -0.25) is 19.7 Å². The van der Waals surface area contributed by atoms with Crippen LogP contribution in [0.25, 0.3) is 11.3 Å². The highest BCUT2D eigenvalue weighted by Crippen LogP contribution is 2.23. The third-order valence-corrected chi connectivity index (χ3v) is 3.60. The number of nitrogens with zero attached hydrogens (tertiary/aromatic N) is 4. The second kappa shape index (κ2) is 7.44. The van der Waals surface area contributed by atoms with E-state index in [-0.39, 0.29) is 17.8 Å². The maximum atomic E-state index is 12.4. The van der Waals surface area contributed by atoms with Crippen LogP contribution in [0.4, 0.5) is 11.4 Å². The highest BCUT2D eigenvalue weighted by Gasteiger charge is 2.19. The SMILES string of the molecule is O=C(O)Cn1cc(-c2cccc(NC(=O)c3ccccc3[N+](=O)[O-])c2)nn1. The van der Waals surface area contributed by atoms with Gasteiger partial charge in [-0.05, 0) is 18.2 Å². The molecule has 1 heterocycles. The zero-order valence-electron chi connectivity index (χ0n) is 13.8. The molecule has 0 unspecified atom stereocenters. The Labute approximate surface area is 152 Å². The minimum atomic E-state index is -1.04. The van der Waals surface area contributed by atoms with E-state index in [4.69, 9.17) is 5.11 Å². The fourth-order valence-electron chi connectivity index (χ4n) is 2.43. The monoisotopic (exact) mass is 367 g/mol. The van der Waals surface area contributed by atoms with Crippen molar-refractivity contribution in [2.45, 2.75) is 6.54 Å². The molecule has 1 aromatic heterocycles. The highest BCUT2D eigenvalue weighted by atomic mass is 16.6. The first-order valence-electron chi connectivity index (χ1n) is 7.71. The van der Waals surface area contributed by atoms with Crippen LogP contribution in [0.3, 0.4) is 0 Å². The first-order valence-corrected chi connectivity index (χ1v) is 7.71. The molecule has 2 aromatic carbocycles. The van der Waals surface area contributed by atoms with Gasteiger partial charge < -0.3 is 10.4 Å². The van der Waals surface area contributed by atoms with Crippen molar-refractivity contribution in [2.75, 3.05) is 5.32 Å². The minimum Gasteiger partial charge on any atom is -0.480 e. The molecule has 3 aromatic rings. The van der Waals surface area contributed by atoms with Crippen molar-refractivity contribution in [2.24, 2.45) is 0 Å². The normalized spacial score (nSPS) is 10.4. The Balaban J connectivity index is 1.82. The van der Waals surface area contributed by atoms with Gasteiger partial charge in [0.05, 0.1) is 11.1 Å². The molecule has 2 N–H and O–H groups in total.